The van der Waals surface area contributed by atoms with Gasteiger partial charge in [-0.3, -0.25) is 14.6 Å². The molecule has 30 heavy (non-hydrogen) atoms. The van der Waals surface area contributed by atoms with Gasteiger partial charge in [0.2, 0.25) is 0 Å². The highest BCUT2D eigenvalue weighted by molar-refractivity contribution is 5.86. The van der Waals surface area contributed by atoms with E-state index in [0.29, 0.717) is 24.5 Å². The number of hydrogen-bond acceptors (Lipinski definition) is 6. The van der Waals surface area contributed by atoms with Crippen LogP contribution in [0.5, 0.6) is 11.5 Å². The van der Waals surface area contributed by atoms with Gasteiger partial charge in [0.05, 0.1) is 19.4 Å². The lowest BCUT2D eigenvalue weighted by molar-refractivity contribution is -0.122. The molecular formula is C23H30N4O3. The summed E-state index contributed by atoms with van der Waals surface area (Å²) in [6, 6.07) is 13.8. The quantitative estimate of drug-likeness (QED) is 0.516. The molecule has 3 rings (SSSR count). The van der Waals surface area contributed by atoms with Crippen LogP contribution in [0.2, 0.25) is 0 Å². The summed E-state index contributed by atoms with van der Waals surface area (Å²) in [5.74, 6) is 0.247. The minimum atomic E-state index is -0.168. The van der Waals surface area contributed by atoms with Gasteiger partial charge < -0.3 is 9.84 Å². The summed E-state index contributed by atoms with van der Waals surface area (Å²) >= 11 is 0. The average molecular weight is 411 g/mol. The lowest BCUT2D eigenvalue weighted by Crippen LogP contribution is -2.48. The molecule has 0 radical (unpaired) electrons. The van der Waals surface area contributed by atoms with Crippen molar-refractivity contribution in [2.75, 3.05) is 39.3 Å². The van der Waals surface area contributed by atoms with Crippen LogP contribution >= 0.6 is 0 Å². The Morgan fingerprint density at radius 2 is 1.83 bits per heavy atom. The fourth-order valence-electron chi connectivity index (χ4n) is 3.38. The molecular weight excluding hydrogens is 380 g/mol. The number of piperazine rings is 1. The fraction of sp³-hybridized carbons (Fsp3) is 0.391. The van der Waals surface area contributed by atoms with Crippen molar-refractivity contribution in [1.29, 1.82) is 0 Å². The summed E-state index contributed by atoms with van der Waals surface area (Å²) in [5.41, 5.74) is 5.62. The van der Waals surface area contributed by atoms with Crippen LogP contribution in [0.15, 0.2) is 47.6 Å². The molecule has 1 saturated heterocycles. The van der Waals surface area contributed by atoms with Crippen LogP contribution < -0.4 is 10.2 Å². The molecule has 7 heteroatoms. The van der Waals surface area contributed by atoms with Crippen molar-refractivity contribution in [3.8, 4) is 11.5 Å². The first kappa shape index (κ1) is 21.8. The number of carbonyl (C=O) groups is 1. The maximum absolute atomic E-state index is 12.2. The molecule has 0 saturated carbocycles. The van der Waals surface area contributed by atoms with Gasteiger partial charge in [-0.05, 0) is 31.5 Å². The van der Waals surface area contributed by atoms with Crippen LogP contribution in [-0.2, 0) is 11.3 Å². The summed E-state index contributed by atoms with van der Waals surface area (Å²) in [6.45, 7) is 9.21. The number of aromatic hydroxyl groups is 1. The van der Waals surface area contributed by atoms with Gasteiger partial charge in [-0.2, -0.15) is 5.10 Å². The molecule has 0 aliphatic carbocycles. The number of hydrazone groups is 1. The third-order valence-electron chi connectivity index (χ3n) is 5.08. The summed E-state index contributed by atoms with van der Waals surface area (Å²) in [6.07, 6.45) is 1.43. The second-order valence-electron chi connectivity index (χ2n) is 7.46. The molecule has 2 N–H and O–H groups in total. The van der Waals surface area contributed by atoms with Crippen LogP contribution in [0.1, 0.15) is 23.6 Å². The molecule has 1 heterocycles. The third-order valence-corrected chi connectivity index (χ3v) is 5.08. The maximum atomic E-state index is 12.2. The Kier molecular flexibility index (Phi) is 7.82. The van der Waals surface area contributed by atoms with Gasteiger partial charge in [0.1, 0.15) is 0 Å². The van der Waals surface area contributed by atoms with Gasteiger partial charge in [0, 0.05) is 38.3 Å². The monoisotopic (exact) mass is 410 g/mol. The van der Waals surface area contributed by atoms with E-state index in [-0.39, 0.29) is 11.7 Å². The number of rotatable bonds is 8. The van der Waals surface area contributed by atoms with Crippen molar-refractivity contribution >= 4 is 12.1 Å². The van der Waals surface area contributed by atoms with Crippen molar-refractivity contribution in [2.24, 2.45) is 5.10 Å². The van der Waals surface area contributed by atoms with Crippen molar-refractivity contribution in [3.05, 3.63) is 59.2 Å². The van der Waals surface area contributed by atoms with Crippen molar-refractivity contribution < 1.29 is 14.6 Å². The smallest absolute Gasteiger partial charge is 0.254 e. The number of ether oxygens (including phenoxy) is 1. The summed E-state index contributed by atoms with van der Waals surface area (Å²) in [4.78, 5) is 16.7. The Labute approximate surface area is 178 Å². The number of phenolic OH excluding ortho intramolecular Hbond substituents is 1. The molecule has 1 aliphatic heterocycles. The zero-order valence-electron chi connectivity index (χ0n) is 17.7. The van der Waals surface area contributed by atoms with Gasteiger partial charge in [0.25, 0.3) is 5.91 Å². The molecule has 7 nitrogen and oxygen atoms in total. The molecule has 0 atom stereocenters. The number of para-hydroxylation sites is 1. The molecule has 0 aromatic heterocycles. The largest absolute Gasteiger partial charge is 0.504 e. The number of amides is 1. The van der Waals surface area contributed by atoms with Crippen LogP contribution in [-0.4, -0.2) is 66.4 Å². The van der Waals surface area contributed by atoms with E-state index in [1.165, 1.54) is 17.3 Å². The Hall–Kier alpha value is -2.90. The van der Waals surface area contributed by atoms with Crippen LogP contribution in [0.3, 0.4) is 0 Å². The maximum Gasteiger partial charge on any atom is 0.254 e. The van der Waals surface area contributed by atoms with Crippen molar-refractivity contribution in [2.45, 2.75) is 20.4 Å². The molecule has 1 fully saturated rings. The van der Waals surface area contributed by atoms with E-state index in [4.69, 9.17) is 4.74 Å². The lowest BCUT2D eigenvalue weighted by atomic mass is 10.1. The van der Waals surface area contributed by atoms with E-state index < -0.39 is 0 Å². The second-order valence-corrected chi connectivity index (χ2v) is 7.46. The number of hydrogen-bond donors (Lipinski definition) is 2. The first-order valence-corrected chi connectivity index (χ1v) is 10.3. The Morgan fingerprint density at radius 3 is 2.53 bits per heavy atom. The summed E-state index contributed by atoms with van der Waals surface area (Å²) in [5, 5.41) is 14.1. The molecule has 0 spiro atoms. The minimum absolute atomic E-state index is 0.0158. The summed E-state index contributed by atoms with van der Waals surface area (Å²) in [7, 11) is 0. The zero-order chi connectivity index (χ0) is 21.3. The van der Waals surface area contributed by atoms with Gasteiger partial charge in [-0.25, -0.2) is 5.43 Å². The number of benzene rings is 2. The SMILES string of the molecule is CCOc1cccc(/C=N/NC(=O)CN2CCN(Cc3ccc(C)cc3)CC2)c1O. The first-order valence-electron chi connectivity index (χ1n) is 10.3. The van der Waals surface area contributed by atoms with Crippen LogP contribution in [0, 0.1) is 6.92 Å². The molecule has 2 aromatic rings. The lowest BCUT2D eigenvalue weighted by Gasteiger charge is -2.34. The topological polar surface area (TPSA) is 77.4 Å². The second kappa shape index (κ2) is 10.8. The van der Waals surface area contributed by atoms with E-state index in [0.717, 1.165) is 32.7 Å². The van der Waals surface area contributed by atoms with Gasteiger partial charge in [-0.15, -0.1) is 0 Å². The Balaban J connectivity index is 1.41. The van der Waals surface area contributed by atoms with E-state index >= 15 is 0 Å². The van der Waals surface area contributed by atoms with E-state index in [1.54, 1.807) is 18.2 Å². The van der Waals surface area contributed by atoms with Gasteiger partial charge >= 0.3 is 0 Å². The number of nitrogens with zero attached hydrogens (tertiary/aromatic N) is 3. The highest BCUT2D eigenvalue weighted by Crippen LogP contribution is 2.28. The molecule has 0 unspecified atom stereocenters. The highest BCUT2D eigenvalue weighted by Gasteiger charge is 2.18. The predicted molar refractivity (Wildman–Crippen MR) is 118 cm³/mol. The predicted octanol–water partition coefficient (Wildman–Crippen LogP) is 2.37. The van der Waals surface area contributed by atoms with Gasteiger partial charge in [0.15, 0.2) is 11.5 Å². The average Bonchev–Trinajstić information content (AvgIpc) is 2.74. The number of phenols is 1. The normalized spacial score (nSPS) is 15.4. The van der Waals surface area contributed by atoms with E-state index in [2.05, 4.69) is 51.5 Å². The van der Waals surface area contributed by atoms with Crippen molar-refractivity contribution in [1.82, 2.24) is 15.2 Å². The van der Waals surface area contributed by atoms with E-state index in [1.807, 2.05) is 6.92 Å². The Morgan fingerprint density at radius 1 is 1.13 bits per heavy atom. The number of nitrogens with one attached hydrogen (secondary N) is 1. The fourth-order valence-corrected chi connectivity index (χ4v) is 3.38. The first-order chi connectivity index (χ1) is 14.5. The molecule has 160 valence electrons. The number of aryl methyl sites for hydroxylation is 1. The van der Waals surface area contributed by atoms with E-state index in [9.17, 15) is 9.90 Å². The minimum Gasteiger partial charge on any atom is -0.504 e. The standard InChI is InChI=1S/C23H30N4O3/c1-3-30-21-6-4-5-20(23(21)29)15-24-25-22(28)17-27-13-11-26(12-14-27)16-19-9-7-18(2)8-10-19/h4-10,15,29H,3,11-14,16-17H2,1-2H3,(H,25,28)/b24-15+. The molecule has 2 aromatic carbocycles. The highest BCUT2D eigenvalue weighted by atomic mass is 16.5. The molecule has 1 aliphatic rings. The summed E-state index contributed by atoms with van der Waals surface area (Å²) < 4.78 is 5.35. The Bertz CT molecular complexity index is 859. The number of carbonyl (C=O) groups excluding carboxylic acids is 1. The third kappa shape index (κ3) is 6.30. The van der Waals surface area contributed by atoms with Crippen LogP contribution in [0.4, 0.5) is 0 Å². The molecule has 0 bridgehead atoms. The van der Waals surface area contributed by atoms with Gasteiger partial charge in [-0.1, -0.05) is 35.9 Å². The van der Waals surface area contributed by atoms with Crippen molar-refractivity contribution in [3.63, 3.8) is 0 Å². The zero-order valence-corrected chi connectivity index (χ0v) is 17.7. The molecule has 1 amide bonds. The van der Waals surface area contributed by atoms with Crippen LogP contribution in [0.25, 0.3) is 0 Å².